The van der Waals surface area contributed by atoms with Gasteiger partial charge >= 0.3 is 0 Å². The normalized spacial score (nSPS) is 26.9. The van der Waals surface area contributed by atoms with Crippen LogP contribution in [0.3, 0.4) is 0 Å². The van der Waals surface area contributed by atoms with Crippen LogP contribution in [-0.2, 0) is 4.79 Å². The van der Waals surface area contributed by atoms with Crippen molar-refractivity contribution in [1.29, 1.82) is 5.26 Å². The third-order valence-corrected chi connectivity index (χ3v) is 5.04. The summed E-state index contributed by atoms with van der Waals surface area (Å²) < 4.78 is 0. The minimum atomic E-state index is 0.216. The summed E-state index contributed by atoms with van der Waals surface area (Å²) >= 11 is 0. The molecule has 0 atom stereocenters. The topological polar surface area (TPSA) is 44.1 Å². The largest absolute Gasteiger partial charge is 0.338 e. The van der Waals surface area contributed by atoms with Crippen molar-refractivity contribution in [2.45, 2.75) is 71.8 Å². The van der Waals surface area contributed by atoms with Crippen LogP contribution in [0.4, 0.5) is 0 Å². The van der Waals surface area contributed by atoms with E-state index in [1.165, 1.54) is 12.8 Å². The summed E-state index contributed by atoms with van der Waals surface area (Å²) in [4.78, 5) is 14.7. The SMILES string of the molecule is CC(C)(C)C1CCC(C(=O)N(CCC#N)C2CC2)CC1. The maximum atomic E-state index is 12.7. The Morgan fingerprint density at radius 2 is 1.75 bits per heavy atom. The van der Waals surface area contributed by atoms with Gasteiger partial charge in [-0.15, -0.1) is 0 Å². The van der Waals surface area contributed by atoms with E-state index in [1.54, 1.807) is 0 Å². The Labute approximate surface area is 123 Å². The standard InChI is InChI=1S/C17H28N2O/c1-17(2,3)14-7-5-13(6-8-14)16(20)19(12-4-11-18)15-9-10-15/h13-15H,4-10,12H2,1-3H3. The molecule has 0 N–H and O–H groups in total. The molecule has 2 saturated carbocycles. The van der Waals surface area contributed by atoms with E-state index in [4.69, 9.17) is 5.26 Å². The molecule has 0 unspecified atom stereocenters. The average molecular weight is 276 g/mol. The van der Waals surface area contributed by atoms with Gasteiger partial charge in [0.05, 0.1) is 12.5 Å². The van der Waals surface area contributed by atoms with Crippen LogP contribution < -0.4 is 0 Å². The zero-order valence-corrected chi connectivity index (χ0v) is 13.2. The summed E-state index contributed by atoms with van der Waals surface area (Å²) in [5.74, 6) is 1.29. The molecular formula is C17H28N2O. The van der Waals surface area contributed by atoms with Crippen LogP contribution >= 0.6 is 0 Å². The summed E-state index contributed by atoms with van der Waals surface area (Å²) in [6, 6.07) is 2.61. The van der Waals surface area contributed by atoms with Crippen LogP contribution in [0.2, 0.25) is 0 Å². The number of carbonyl (C=O) groups is 1. The van der Waals surface area contributed by atoms with Gasteiger partial charge in [0, 0.05) is 18.5 Å². The van der Waals surface area contributed by atoms with Crippen LogP contribution in [0.25, 0.3) is 0 Å². The Bertz CT molecular complexity index is 379. The molecule has 0 saturated heterocycles. The van der Waals surface area contributed by atoms with Gasteiger partial charge in [-0.05, 0) is 49.9 Å². The number of carbonyl (C=O) groups excluding carboxylic acids is 1. The number of amides is 1. The summed E-state index contributed by atoms with van der Waals surface area (Å²) in [7, 11) is 0. The first-order valence-electron chi connectivity index (χ1n) is 8.11. The highest BCUT2D eigenvalue weighted by molar-refractivity contribution is 5.79. The molecule has 0 aromatic carbocycles. The first-order chi connectivity index (χ1) is 9.43. The van der Waals surface area contributed by atoms with Crippen LogP contribution in [0.1, 0.15) is 65.7 Å². The molecule has 0 bridgehead atoms. The second kappa shape index (κ2) is 6.16. The van der Waals surface area contributed by atoms with Crippen LogP contribution in [0.5, 0.6) is 0 Å². The number of hydrogen-bond acceptors (Lipinski definition) is 2. The summed E-state index contributed by atoms with van der Waals surface area (Å²) in [5.41, 5.74) is 0.366. The van der Waals surface area contributed by atoms with Crippen molar-refractivity contribution in [3.63, 3.8) is 0 Å². The minimum Gasteiger partial charge on any atom is -0.338 e. The number of nitriles is 1. The molecule has 3 heteroatoms. The molecule has 2 aliphatic carbocycles. The Kier molecular flexibility index (Phi) is 4.73. The fraction of sp³-hybridized carbons (Fsp3) is 0.882. The molecule has 2 rings (SSSR count). The van der Waals surface area contributed by atoms with Gasteiger partial charge in [0.15, 0.2) is 0 Å². The zero-order valence-electron chi connectivity index (χ0n) is 13.2. The van der Waals surface area contributed by atoms with Crippen LogP contribution in [0, 0.1) is 28.6 Å². The van der Waals surface area contributed by atoms with E-state index in [9.17, 15) is 4.79 Å². The van der Waals surface area contributed by atoms with Crippen molar-refractivity contribution in [3.05, 3.63) is 0 Å². The zero-order chi connectivity index (χ0) is 14.8. The Balaban J connectivity index is 1.88. The van der Waals surface area contributed by atoms with E-state index in [0.717, 1.165) is 31.6 Å². The van der Waals surface area contributed by atoms with E-state index < -0.39 is 0 Å². The maximum absolute atomic E-state index is 12.7. The van der Waals surface area contributed by atoms with Gasteiger partial charge in [0.2, 0.25) is 5.91 Å². The van der Waals surface area contributed by atoms with E-state index in [0.29, 0.717) is 30.3 Å². The predicted molar refractivity (Wildman–Crippen MR) is 79.9 cm³/mol. The van der Waals surface area contributed by atoms with Gasteiger partial charge in [-0.25, -0.2) is 0 Å². The molecule has 3 nitrogen and oxygen atoms in total. The summed E-state index contributed by atoms with van der Waals surface area (Å²) in [5, 5.41) is 8.75. The second-order valence-corrected chi connectivity index (χ2v) is 7.59. The van der Waals surface area contributed by atoms with Gasteiger partial charge < -0.3 is 4.90 Å². The molecule has 2 fully saturated rings. The van der Waals surface area contributed by atoms with Crippen molar-refractivity contribution in [1.82, 2.24) is 4.90 Å². The average Bonchev–Trinajstić information content (AvgIpc) is 3.23. The first kappa shape index (κ1) is 15.4. The fourth-order valence-corrected chi connectivity index (χ4v) is 3.47. The van der Waals surface area contributed by atoms with Gasteiger partial charge in [-0.3, -0.25) is 4.79 Å². The monoisotopic (exact) mass is 276 g/mol. The second-order valence-electron chi connectivity index (χ2n) is 7.59. The fourth-order valence-electron chi connectivity index (χ4n) is 3.47. The van der Waals surface area contributed by atoms with Crippen LogP contribution in [0.15, 0.2) is 0 Å². The van der Waals surface area contributed by atoms with Gasteiger partial charge in [0.1, 0.15) is 0 Å². The quantitative estimate of drug-likeness (QED) is 0.785. The molecule has 0 aromatic rings. The van der Waals surface area contributed by atoms with E-state index in [2.05, 4.69) is 26.8 Å². The van der Waals surface area contributed by atoms with E-state index in [-0.39, 0.29) is 5.92 Å². The van der Waals surface area contributed by atoms with Gasteiger partial charge in [0.25, 0.3) is 0 Å². The lowest BCUT2D eigenvalue weighted by Gasteiger charge is -2.38. The van der Waals surface area contributed by atoms with Crippen molar-refractivity contribution in [3.8, 4) is 6.07 Å². The number of nitrogens with zero attached hydrogens (tertiary/aromatic N) is 2. The molecule has 0 heterocycles. The number of rotatable bonds is 4. The number of hydrogen-bond donors (Lipinski definition) is 0. The highest BCUT2D eigenvalue weighted by atomic mass is 16.2. The smallest absolute Gasteiger partial charge is 0.225 e. The van der Waals surface area contributed by atoms with E-state index >= 15 is 0 Å². The van der Waals surface area contributed by atoms with Crippen molar-refractivity contribution in [2.24, 2.45) is 17.3 Å². The maximum Gasteiger partial charge on any atom is 0.225 e. The van der Waals surface area contributed by atoms with Gasteiger partial charge in [-0.1, -0.05) is 20.8 Å². The van der Waals surface area contributed by atoms with Crippen molar-refractivity contribution < 1.29 is 4.79 Å². The minimum absolute atomic E-state index is 0.216. The summed E-state index contributed by atoms with van der Waals surface area (Å²) in [6.45, 7) is 7.56. The molecule has 20 heavy (non-hydrogen) atoms. The van der Waals surface area contributed by atoms with Crippen molar-refractivity contribution in [2.75, 3.05) is 6.54 Å². The summed E-state index contributed by atoms with van der Waals surface area (Å²) in [6.07, 6.45) is 7.17. The lowest BCUT2D eigenvalue weighted by atomic mass is 9.69. The van der Waals surface area contributed by atoms with Gasteiger partial charge in [-0.2, -0.15) is 5.26 Å². The molecular weight excluding hydrogens is 248 g/mol. The molecule has 0 aromatic heterocycles. The molecule has 0 radical (unpaired) electrons. The molecule has 2 aliphatic rings. The molecule has 112 valence electrons. The van der Waals surface area contributed by atoms with E-state index in [1.807, 2.05) is 4.90 Å². The Morgan fingerprint density at radius 1 is 1.15 bits per heavy atom. The lowest BCUT2D eigenvalue weighted by molar-refractivity contribution is -0.137. The molecule has 0 aliphatic heterocycles. The first-order valence-corrected chi connectivity index (χ1v) is 8.11. The third kappa shape index (κ3) is 3.75. The molecule has 0 spiro atoms. The Morgan fingerprint density at radius 3 is 2.20 bits per heavy atom. The third-order valence-electron chi connectivity index (χ3n) is 5.04. The highest BCUT2D eigenvalue weighted by Gasteiger charge is 2.38. The van der Waals surface area contributed by atoms with Crippen LogP contribution in [-0.4, -0.2) is 23.4 Å². The molecule has 1 amide bonds. The highest BCUT2D eigenvalue weighted by Crippen LogP contribution is 2.41. The Hall–Kier alpha value is -1.04. The predicted octanol–water partition coefficient (Wildman–Crippen LogP) is 3.74. The lowest BCUT2D eigenvalue weighted by Crippen LogP contribution is -2.40. The van der Waals surface area contributed by atoms with Crippen molar-refractivity contribution >= 4 is 5.91 Å².